The molecule has 0 bridgehead atoms. The van der Waals surface area contributed by atoms with Gasteiger partial charge in [-0.2, -0.15) is 0 Å². The second kappa shape index (κ2) is 8.80. The number of carbonyl (C=O) groups excluding carboxylic acids is 1. The number of piperidine rings is 2. The Hall–Kier alpha value is -2.63. The van der Waals surface area contributed by atoms with Gasteiger partial charge in [0.25, 0.3) is 0 Å². The van der Waals surface area contributed by atoms with E-state index in [4.69, 9.17) is 0 Å². The number of hydrogen-bond acceptors (Lipinski definition) is 5. The number of rotatable bonds is 4. The van der Waals surface area contributed by atoms with Gasteiger partial charge in [0, 0.05) is 37.8 Å². The molecule has 2 aliphatic heterocycles. The third kappa shape index (κ3) is 4.52. The number of nitrogens with one attached hydrogen (secondary N) is 1. The molecule has 6 nitrogen and oxygen atoms in total. The molecule has 0 aliphatic carbocycles. The first-order valence-electron chi connectivity index (χ1n) is 10.8. The Morgan fingerprint density at radius 3 is 2.34 bits per heavy atom. The van der Waals surface area contributed by atoms with Crippen LogP contribution in [0.1, 0.15) is 43.2 Å². The zero-order valence-electron chi connectivity index (χ0n) is 17.5. The number of benzene rings is 1. The van der Waals surface area contributed by atoms with Gasteiger partial charge in [-0.25, -0.2) is 9.97 Å². The van der Waals surface area contributed by atoms with E-state index in [0.717, 1.165) is 61.9 Å². The standard InChI is InChI=1S/C23H31N5O/c1-17-7-6-8-21(18(17)2)26-22(29)19-9-13-27(14-10-19)20-15-24-23(25-16-20)28-11-4-3-5-12-28/h6-8,15-16,19H,3-5,9-14H2,1-2H3,(H,26,29). The van der Waals surface area contributed by atoms with Crippen LogP contribution in [0.15, 0.2) is 30.6 Å². The molecule has 3 heterocycles. The van der Waals surface area contributed by atoms with E-state index in [2.05, 4.69) is 45.0 Å². The molecule has 2 saturated heterocycles. The smallest absolute Gasteiger partial charge is 0.227 e. The average molecular weight is 394 g/mol. The fourth-order valence-electron chi connectivity index (χ4n) is 4.26. The molecule has 2 fully saturated rings. The van der Waals surface area contributed by atoms with E-state index in [1.807, 2.05) is 24.5 Å². The lowest BCUT2D eigenvalue weighted by molar-refractivity contribution is -0.120. The molecule has 1 amide bonds. The number of carbonyl (C=O) groups is 1. The van der Waals surface area contributed by atoms with Crippen LogP contribution in [0, 0.1) is 19.8 Å². The summed E-state index contributed by atoms with van der Waals surface area (Å²) < 4.78 is 0. The molecule has 0 spiro atoms. The summed E-state index contributed by atoms with van der Waals surface area (Å²) in [6.45, 7) is 7.96. The average Bonchev–Trinajstić information content (AvgIpc) is 2.78. The maximum atomic E-state index is 12.7. The van der Waals surface area contributed by atoms with Gasteiger partial charge in [0.05, 0.1) is 18.1 Å². The molecule has 1 aromatic carbocycles. The molecule has 0 unspecified atom stereocenters. The lowest BCUT2D eigenvalue weighted by atomic mass is 9.95. The van der Waals surface area contributed by atoms with Gasteiger partial charge >= 0.3 is 0 Å². The van der Waals surface area contributed by atoms with Gasteiger partial charge < -0.3 is 15.1 Å². The Morgan fingerprint density at radius 2 is 1.66 bits per heavy atom. The fraction of sp³-hybridized carbons (Fsp3) is 0.522. The summed E-state index contributed by atoms with van der Waals surface area (Å²) in [6, 6.07) is 6.05. The summed E-state index contributed by atoms with van der Waals surface area (Å²) in [4.78, 5) is 26.5. The second-order valence-electron chi connectivity index (χ2n) is 8.29. The van der Waals surface area contributed by atoms with Gasteiger partial charge in [-0.15, -0.1) is 0 Å². The van der Waals surface area contributed by atoms with E-state index in [1.54, 1.807) is 0 Å². The number of aryl methyl sites for hydroxylation is 1. The van der Waals surface area contributed by atoms with Crippen LogP contribution in [0.25, 0.3) is 0 Å². The molecule has 6 heteroatoms. The summed E-state index contributed by atoms with van der Waals surface area (Å²) in [5, 5.41) is 3.13. The number of hydrogen-bond donors (Lipinski definition) is 1. The van der Waals surface area contributed by atoms with Gasteiger partial charge in [0.2, 0.25) is 11.9 Å². The number of anilines is 3. The van der Waals surface area contributed by atoms with Gasteiger partial charge in [-0.05, 0) is 63.1 Å². The van der Waals surface area contributed by atoms with E-state index in [9.17, 15) is 4.79 Å². The molecular weight excluding hydrogens is 362 g/mol. The van der Waals surface area contributed by atoms with Crippen molar-refractivity contribution in [2.24, 2.45) is 5.92 Å². The second-order valence-corrected chi connectivity index (χ2v) is 8.29. The number of nitrogens with zero attached hydrogens (tertiary/aromatic N) is 4. The highest BCUT2D eigenvalue weighted by Crippen LogP contribution is 2.26. The zero-order valence-corrected chi connectivity index (χ0v) is 17.5. The third-order valence-corrected chi connectivity index (χ3v) is 6.36. The Kier molecular flexibility index (Phi) is 5.97. The quantitative estimate of drug-likeness (QED) is 0.853. The van der Waals surface area contributed by atoms with Crippen molar-refractivity contribution in [2.75, 3.05) is 41.3 Å². The summed E-state index contributed by atoms with van der Waals surface area (Å²) in [5.74, 6) is 1.03. The van der Waals surface area contributed by atoms with E-state index in [1.165, 1.54) is 24.8 Å². The highest BCUT2D eigenvalue weighted by atomic mass is 16.1. The highest BCUT2D eigenvalue weighted by Gasteiger charge is 2.26. The molecule has 1 aromatic heterocycles. The van der Waals surface area contributed by atoms with Crippen LogP contribution in [0.5, 0.6) is 0 Å². The molecule has 29 heavy (non-hydrogen) atoms. The van der Waals surface area contributed by atoms with Crippen LogP contribution < -0.4 is 15.1 Å². The minimum atomic E-state index is 0.0553. The Balaban J connectivity index is 1.32. The zero-order chi connectivity index (χ0) is 20.2. The first-order chi connectivity index (χ1) is 14.1. The van der Waals surface area contributed by atoms with Crippen molar-refractivity contribution >= 4 is 23.2 Å². The largest absolute Gasteiger partial charge is 0.369 e. The van der Waals surface area contributed by atoms with E-state index >= 15 is 0 Å². The molecule has 0 atom stereocenters. The monoisotopic (exact) mass is 393 g/mol. The molecular formula is C23H31N5O. The summed E-state index contributed by atoms with van der Waals surface area (Å²) in [5.41, 5.74) is 4.33. The van der Waals surface area contributed by atoms with Crippen molar-refractivity contribution < 1.29 is 4.79 Å². The van der Waals surface area contributed by atoms with Crippen LogP contribution in [-0.2, 0) is 4.79 Å². The Labute approximate surface area is 173 Å². The molecule has 0 radical (unpaired) electrons. The summed E-state index contributed by atoms with van der Waals surface area (Å²) >= 11 is 0. The number of amides is 1. The third-order valence-electron chi connectivity index (χ3n) is 6.36. The molecule has 4 rings (SSSR count). The summed E-state index contributed by atoms with van der Waals surface area (Å²) in [7, 11) is 0. The number of aromatic nitrogens is 2. The van der Waals surface area contributed by atoms with E-state index < -0.39 is 0 Å². The first kappa shape index (κ1) is 19.7. The van der Waals surface area contributed by atoms with Gasteiger partial charge in [-0.1, -0.05) is 12.1 Å². The normalized spacial score (nSPS) is 18.0. The Morgan fingerprint density at radius 1 is 0.966 bits per heavy atom. The Bertz CT molecular complexity index is 837. The van der Waals surface area contributed by atoms with Crippen molar-refractivity contribution in [3.63, 3.8) is 0 Å². The molecule has 2 aliphatic rings. The lowest BCUT2D eigenvalue weighted by Crippen LogP contribution is -2.38. The van der Waals surface area contributed by atoms with Crippen molar-refractivity contribution in [1.29, 1.82) is 0 Å². The molecule has 0 saturated carbocycles. The molecule has 154 valence electrons. The lowest BCUT2D eigenvalue weighted by Gasteiger charge is -2.33. The topological polar surface area (TPSA) is 61.4 Å². The summed E-state index contributed by atoms with van der Waals surface area (Å²) in [6.07, 6.45) is 9.34. The van der Waals surface area contributed by atoms with E-state index in [0.29, 0.717) is 0 Å². The molecule has 1 N–H and O–H groups in total. The van der Waals surface area contributed by atoms with Crippen molar-refractivity contribution in [2.45, 2.75) is 46.0 Å². The highest BCUT2D eigenvalue weighted by molar-refractivity contribution is 5.93. The van der Waals surface area contributed by atoms with Crippen molar-refractivity contribution in [3.8, 4) is 0 Å². The predicted molar refractivity (Wildman–Crippen MR) is 118 cm³/mol. The van der Waals surface area contributed by atoms with Crippen LogP contribution in [0.3, 0.4) is 0 Å². The minimum Gasteiger partial charge on any atom is -0.369 e. The van der Waals surface area contributed by atoms with Crippen LogP contribution in [-0.4, -0.2) is 42.1 Å². The first-order valence-corrected chi connectivity index (χ1v) is 10.8. The van der Waals surface area contributed by atoms with Crippen LogP contribution in [0.2, 0.25) is 0 Å². The maximum Gasteiger partial charge on any atom is 0.227 e. The minimum absolute atomic E-state index is 0.0553. The van der Waals surface area contributed by atoms with Gasteiger partial charge in [0.15, 0.2) is 0 Å². The van der Waals surface area contributed by atoms with Crippen molar-refractivity contribution in [1.82, 2.24) is 9.97 Å². The molecule has 2 aromatic rings. The fourth-order valence-corrected chi connectivity index (χ4v) is 4.26. The predicted octanol–water partition coefficient (Wildman–Crippen LogP) is 3.94. The maximum absolute atomic E-state index is 12.7. The van der Waals surface area contributed by atoms with Gasteiger partial charge in [-0.3, -0.25) is 4.79 Å². The van der Waals surface area contributed by atoms with Gasteiger partial charge in [0.1, 0.15) is 0 Å². The van der Waals surface area contributed by atoms with Crippen LogP contribution >= 0.6 is 0 Å². The van der Waals surface area contributed by atoms with E-state index in [-0.39, 0.29) is 11.8 Å². The van der Waals surface area contributed by atoms with Crippen LogP contribution in [0.4, 0.5) is 17.3 Å². The SMILES string of the molecule is Cc1cccc(NC(=O)C2CCN(c3cnc(N4CCCCC4)nc3)CC2)c1C. The van der Waals surface area contributed by atoms with Crippen molar-refractivity contribution in [3.05, 3.63) is 41.7 Å².